The highest BCUT2D eigenvalue weighted by atomic mass is 16.2. The summed E-state index contributed by atoms with van der Waals surface area (Å²) in [7, 11) is 0. The van der Waals surface area contributed by atoms with Crippen LogP contribution in [-0.4, -0.2) is 19.0 Å². The zero-order valence-electron chi connectivity index (χ0n) is 11.7. The third-order valence-corrected chi connectivity index (χ3v) is 3.56. The summed E-state index contributed by atoms with van der Waals surface area (Å²) in [5.74, 6) is 0.200. The van der Waals surface area contributed by atoms with Crippen LogP contribution in [0.5, 0.6) is 0 Å². The Morgan fingerprint density at radius 3 is 2.50 bits per heavy atom. The molecule has 1 aromatic carbocycles. The maximum atomic E-state index is 12.5. The number of hydrogen-bond acceptors (Lipinski definition) is 2. The molecule has 1 aromatic rings. The third kappa shape index (κ3) is 1.93. The van der Waals surface area contributed by atoms with Crippen molar-refractivity contribution in [1.29, 1.82) is 0 Å². The van der Waals surface area contributed by atoms with Crippen LogP contribution in [-0.2, 0) is 4.79 Å². The Balaban J connectivity index is 2.55. The molecule has 98 valence electrons. The minimum atomic E-state index is -0.156. The third-order valence-electron chi connectivity index (χ3n) is 3.56. The Labute approximate surface area is 109 Å². The second kappa shape index (κ2) is 5.11. The van der Waals surface area contributed by atoms with Crippen LogP contribution in [0.4, 0.5) is 5.69 Å². The second-order valence-corrected chi connectivity index (χ2v) is 4.94. The number of aryl methyl sites for hydroxylation is 2. The summed E-state index contributed by atoms with van der Waals surface area (Å²) in [6.45, 7) is 9.94. The highest BCUT2D eigenvalue weighted by molar-refractivity contribution is 6.05. The van der Waals surface area contributed by atoms with Gasteiger partial charge in [-0.05, 0) is 37.9 Å². The molecule has 2 rings (SSSR count). The lowest BCUT2D eigenvalue weighted by molar-refractivity contribution is -0.120. The second-order valence-electron chi connectivity index (χ2n) is 4.94. The lowest BCUT2D eigenvalue weighted by Gasteiger charge is -2.18. The Kier molecular flexibility index (Phi) is 3.71. The molecule has 0 radical (unpaired) electrons. The van der Waals surface area contributed by atoms with Crippen LogP contribution in [0.25, 0.3) is 0 Å². The van der Waals surface area contributed by atoms with Crippen LogP contribution in [0.1, 0.15) is 43.0 Å². The van der Waals surface area contributed by atoms with Gasteiger partial charge in [-0.1, -0.05) is 26.0 Å². The maximum Gasteiger partial charge on any atom is 0.248 e. The van der Waals surface area contributed by atoms with Gasteiger partial charge in [-0.25, -0.2) is 0 Å². The molecule has 0 saturated carbocycles. The monoisotopic (exact) mass is 246 g/mol. The summed E-state index contributed by atoms with van der Waals surface area (Å²) in [6.07, 6.45) is 0.984. The number of nitrogens with zero attached hydrogens (tertiary/aromatic N) is 1. The molecule has 1 unspecified atom stereocenters. The predicted molar refractivity (Wildman–Crippen MR) is 75.0 cm³/mol. The minimum Gasteiger partial charge on any atom is -0.310 e. The van der Waals surface area contributed by atoms with Gasteiger partial charge in [0.25, 0.3) is 0 Å². The molecule has 1 atom stereocenters. The summed E-state index contributed by atoms with van der Waals surface area (Å²) in [4.78, 5) is 14.5. The summed E-state index contributed by atoms with van der Waals surface area (Å²) in [5, 5.41) is 3.32. The van der Waals surface area contributed by atoms with Crippen LogP contribution in [0.3, 0.4) is 0 Å². The lowest BCUT2D eigenvalue weighted by atomic mass is 9.99. The molecule has 1 amide bonds. The van der Waals surface area contributed by atoms with Gasteiger partial charge in [-0.2, -0.15) is 0 Å². The molecule has 18 heavy (non-hydrogen) atoms. The molecular weight excluding hydrogens is 224 g/mol. The Hall–Kier alpha value is -1.35. The summed E-state index contributed by atoms with van der Waals surface area (Å²) in [6, 6.07) is 4.07. The molecule has 1 heterocycles. The number of amides is 1. The number of nitrogens with one attached hydrogen (secondary N) is 1. The van der Waals surface area contributed by atoms with E-state index in [0.717, 1.165) is 25.2 Å². The molecule has 0 fully saturated rings. The van der Waals surface area contributed by atoms with Gasteiger partial charge in [0, 0.05) is 12.1 Å². The fraction of sp³-hybridized carbons (Fsp3) is 0.533. The van der Waals surface area contributed by atoms with E-state index in [-0.39, 0.29) is 11.9 Å². The number of rotatable bonds is 4. The SMILES string of the molecule is CCCN1C(=O)C(NCC)c2c(C)ccc(C)c21. The van der Waals surface area contributed by atoms with Crippen molar-refractivity contribution in [3.63, 3.8) is 0 Å². The van der Waals surface area contributed by atoms with E-state index in [1.54, 1.807) is 0 Å². The van der Waals surface area contributed by atoms with E-state index in [9.17, 15) is 4.79 Å². The van der Waals surface area contributed by atoms with Crippen molar-refractivity contribution in [3.8, 4) is 0 Å². The van der Waals surface area contributed by atoms with Crippen molar-refractivity contribution in [2.75, 3.05) is 18.0 Å². The van der Waals surface area contributed by atoms with E-state index >= 15 is 0 Å². The molecule has 1 aliphatic heterocycles. The topological polar surface area (TPSA) is 32.3 Å². The summed E-state index contributed by atoms with van der Waals surface area (Å²) in [5.41, 5.74) is 4.70. The smallest absolute Gasteiger partial charge is 0.248 e. The molecule has 0 saturated heterocycles. The van der Waals surface area contributed by atoms with Crippen molar-refractivity contribution >= 4 is 11.6 Å². The molecule has 0 bridgehead atoms. The van der Waals surface area contributed by atoms with E-state index in [1.807, 2.05) is 11.8 Å². The van der Waals surface area contributed by atoms with Crippen LogP contribution in [0, 0.1) is 13.8 Å². The zero-order valence-corrected chi connectivity index (χ0v) is 11.7. The molecule has 1 N–H and O–H groups in total. The molecular formula is C15H22N2O. The number of carbonyl (C=O) groups excluding carboxylic acids is 1. The Bertz CT molecular complexity index is 427. The van der Waals surface area contributed by atoms with Crippen molar-refractivity contribution in [2.45, 2.75) is 40.2 Å². The fourth-order valence-electron chi connectivity index (χ4n) is 2.77. The van der Waals surface area contributed by atoms with Crippen LogP contribution in [0.15, 0.2) is 12.1 Å². The lowest BCUT2D eigenvalue weighted by Crippen LogP contribution is -2.35. The average Bonchev–Trinajstić information content (AvgIpc) is 2.62. The van der Waals surface area contributed by atoms with Crippen molar-refractivity contribution in [2.24, 2.45) is 0 Å². The van der Waals surface area contributed by atoms with E-state index in [0.29, 0.717) is 0 Å². The number of benzene rings is 1. The van der Waals surface area contributed by atoms with Crippen LogP contribution >= 0.6 is 0 Å². The maximum absolute atomic E-state index is 12.5. The fourth-order valence-corrected chi connectivity index (χ4v) is 2.77. The van der Waals surface area contributed by atoms with Gasteiger partial charge in [-0.15, -0.1) is 0 Å². The first-order chi connectivity index (χ1) is 8.61. The van der Waals surface area contributed by atoms with E-state index in [1.165, 1.54) is 16.7 Å². The van der Waals surface area contributed by atoms with Crippen molar-refractivity contribution < 1.29 is 4.79 Å². The first-order valence-corrected chi connectivity index (χ1v) is 6.76. The highest BCUT2D eigenvalue weighted by Crippen LogP contribution is 2.40. The number of hydrogen-bond donors (Lipinski definition) is 1. The van der Waals surface area contributed by atoms with Gasteiger partial charge < -0.3 is 10.2 Å². The molecule has 0 aliphatic carbocycles. The van der Waals surface area contributed by atoms with Crippen LogP contribution < -0.4 is 10.2 Å². The summed E-state index contributed by atoms with van der Waals surface area (Å²) >= 11 is 0. The largest absolute Gasteiger partial charge is 0.310 e. The predicted octanol–water partition coefficient (Wildman–Crippen LogP) is 2.71. The quantitative estimate of drug-likeness (QED) is 0.886. The van der Waals surface area contributed by atoms with Gasteiger partial charge in [0.1, 0.15) is 6.04 Å². The molecule has 0 spiro atoms. The van der Waals surface area contributed by atoms with Crippen molar-refractivity contribution in [3.05, 3.63) is 28.8 Å². The standard InChI is InChI=1S/C15H22N2O/c1-5-9-17-14-11(4)8-7-10(3)12(14)13(15(17)18)16-6-2/h7-8,13,16H,5-6,9H2,1-4H3. The average molecular weight is 246 g/mol. The number of carbonyl (C=O) groups is 1. The Morgan fingerprint density at radius 1 is 1.22 bits per heavy atom. The Morgan fingerprint density at radius 2 is 1.89 bits per heavy atom. The first-order valence-electron chi connectivity index (χ1n) is 6.76. The van der Waals surface area contributed by atoms with E-state index in [2.05, 4.69) is 38.2 Å². The molecule has 3 nitrogen and oxygen atoms in total. The van der Waals surface area contributed by atoms with Gasteiger partial charge in [-0.3, -0.25) is 4.79 Å². The van der Waals surface area contributed by atoms with Gasteiger partial charge in [0.15, 0.2) is 0 Å². The summed E-state index contributed by atoms with van der Waals surface area (Å²) < 4.78 is 0. The normalized spacial score (nSPS) is 18.3. The molecule has 0 aromatic heterocycles. The zero-order chi connectivity index (χ0) is 13.3. The number of fused-ring (bicyclic) bond motifs is 1. The van der Waals surface area contributed by atoms with E-state index in [4.69, 9.17) is 0 Å². The number of likely N-dealkylation sites (N-methyl/N-ethyl adjacent to an activating group) is 1. The first kappa shape index (κ1) is 13.1. The van der Waals surface area contributed by atoms with Gasteiger partial charge >= 0.3 is 0 Å². The minimum absolute atomic E-state index is 0.156. The molecule has 3 heteroatoms. The van der Waals surface area contributed by atoms with Crippen LogP contribution in [0.2, 0.25) is 0 Å². The van der Waals surface area contributed by atoms with Gasteiger partial charge in [0.2, 0.25) is 5.91 Å². The number of anilines is 1. The van der Waals surface area contributed by atoms with Gasteiger partial charge in [0.05, 0.1) is 5.69 Å². The highest BCUT2D eigenvalue weighted by Gasteiger charge is 2.38. The molecule has 1 aliphatic rings. The van der Waals surface area contributed by atoms with E-state index < -0.39 is 0 Å². The van der Waals surface area contributed by atoms with Crippen molar-refractivity contribution in [1.82, 2.24) is 5.32 Å².